The number of furan rings is 1. The predicted octanol–water partition coefficient (Wildman–Crippen LogP) is 6.54. The van der Waals surface area contributed by atoms with Gasteiger partial charge in [-0.3, -0.25) is 9.69 Å². The van der Waals surface area contributed by atoms with Gasteiger partial charge in [0.15, 0.2) is 0 Å². The summed E-state index contributed by atoms with van der Waals surface area (Å²) >= 11 is 0. The number of hydrogen-bond acceptors (Lipinski definition) is 4. The summed E-state index contributed by atoms with van der Waals surface area (Å²) in [5, 5.41) is 0. The van der Waals surface area contributed by atoms with Crippen LogP contribution in [0.4, 0.5) is 0 Å². The summed E-state index contributed by atoms with van der Waals surface area (Å²) in [5.41, 5.74) is 2.48. The molecule has 4 rings (SSSR count). The summed E-state index contributed by atoms with van der Waals surface area (Å²) < 4.78 is 11.3. The van der Waals surface area contributed by atoms with Crippen molar-refractivity contribution in [1.29, 1.82) is 0 Å². The smallest absolute Gasteiger partial charge is 0.311 e. The van der Waals surface area contributed by atoms with Crippen LogP contribution in [0.3, 0.4) is 0 Å². The van der Waals surface area contributed by atoms with Crippen molar-refractivity contribution in [1.82, 2.24) is 4.90 Å². The van der Waals surface area contributed by atoms with Gasteiger partial charge in [-0.25, -0.2) is 0 Å². The van der Waals surface area contributed by atoms with Gasteiger partial charge in [0, 0.05) is 6.04 Å². The third-order valence-electron chi connectivity index (χ3n) is 9.50. The van der Waals surface area contributed by atoms with E-state index in [1.54, 1.807) is 7.11 Å². The minimum Gasteiger partial charge on any atom is -0.469 e. The molecule has 2 saturated carbocycles. The van der Waals surface area contributed by atoms with Crippen molar-refractivity contribution >= 4 is 5.97 Å². The van der Waals surface area contributed by atoms with Crippen LogP contribution in [-0.2, 0) is 22.5 Å². The molecule has 0 bridgehead atoms. The highest BCUT2D eigenvalue weighted by Crippen LogP contribution is 2.62. The minimum atomic E-state index is -0.369. The van der Waals surface area contributed by atoms with Crippen LogP contribution in [0.5, 0.6) is 0 Å². The maximum atomic E-state index is 12.8. The third kappa shape index (κ3) is 4.20. The standard InChI is InChI=1S/C28H43NO3/c1-20-10-13-25-27(3,15-8-16-28(25,4)26(30)31-5)23(20)12-11-22-14-18-32-24(22)19-29-17-7-6-9-21(29)2/h14,18,21,23,25H,1,6-13,15-17,19H2,2-5H3/t21-,23-,25+,27-,28+/m1/s1. The van der Waals surface area contributed by atoms with E-state index in [0.29, 0.717) is 17.9 Å². The fraction of sp³-hybridized carbons (Fsp3) is 0.750. The van der Waals surface area contributed by atoms with Crippen molar-refractivity contribution in [3.8, 4) is 0 Å². The van der Waals surface area contributed by atoms with Gasteiger partial charge in [-0.2, -0.15) is 0 Å². The monoisotopic (exact) mass is 441 g/mol. The van der Waals surface area contributed by atoms with E-state index in [0.717, 1.165) is 50.8 Å². The van der Waals surface area contributed by atoms with Crippen molar-refractivity contribution in [2.45, 2.75) is 97.6 Å². The summed E-state index contributed by atoms with van der Waals surface area (Å²) in [6.45, 7) is 13.5. The number of nitrogens with zero attached hydrogens (tertiary/aromatic N) is 1. The van der Waals surface area contributed by atoms with Gasteiger partial charge < -0.3 is 9.15 Å². The molecule has 0 radical (unpaired) electrons. The number of allylic oxidation sites excluding steroid dienone is 1. The Bertz CT molecular complexity index is 828. The molecule has 0 aromatic carbocycles. The zero-order valence-electron chi connectivity index (χ0n) is 20.8. The molecular formula is C28H43NO3. The van der Waals surface area contributed by atoms with Gasteiger partial charge in [0.1, 0.15) is 5.76 Å². The Morgan fingerprint density at radius 3 is 2.81 bits per heavy atom. The van der Waals surface area contributed by atoms with Crippen LogP contribution < -0.4 is 0 Å². The molecule has 3 fully saturated rings. The number of methoxy groups -OCH3 is 1. The molecule has 1 aliphatic heterocycles. The first kappa shape index (κ1) is 23.6. The van der Waals surface area contributed by atoms with Crippen LogP contribution in [0.15, 0.2) is 28.9 Å². The van der Waals surface area contributed by atoms with Crippen molar-refractivity contribution in [3.05, 3.63) is 35.8 Å². The van der Waals surface area contributed by atoms with Gasteiger partial charge in [0.2, 0.25) is 0 Å². The van der Waals surface area contributed by atoms with Gasteiger partial charge in [-0.15, -0.1) is 0 Å². The molecule has 1 aromatic heterocycles. The van der Waals surface area contributed by atoms with Crippen LogP contribution >= 0.6 is 0 Å². The number of carbonyl (C=O) groups is 1. The van der Waals surface area contributed by atoms with E-state index in [1.807, 2.05) is 6.26 Å². The second-order valence-electron chi connectivity index (χ2n) is 11.3. The lowest BCUT2D eigenvalue weighted by molar-refractivity contribution is -0.168. The molecule has 4 nitrogen and oxygen atoms in total. The Balaban J connectivity index is 1.49. The maximum absolute atomic E-state index is 12.8. The molecule has 0 amide bonds. The Hall–Kier alpha value is -1.55. The Morgan fingerprint density at radius 1 is 1.25 bits per heavy atom. The molecule has 2 heterocycles. The van der Waals surface area contributed by atoms with Crippen molar-refractivity contribution in [3.63, 3.8) is 0 Å². The molecule has 5 atom stereocenters. The fourth-order valence-corrected chi connectivity index (χ4v) is 7.57. The molecular weight excluding hydrogens is 398 g/mol. The molecule has 3 aliphatic rings. The number of esters is 1. The number of carbonyl (C=O) groups excluding carboxylic acids is 1. The van der Waals surface area contributed by atoms with Crippen molar-refractivity contribution < 1.29 is 13.9 Å². The maximum Gasteiger partial charge on any atom is 0.311 e. The molecule has 2 aliphatic carbocycles. The van der Waals surface area contributed by atoms with Crippen LogP contribution in [-0.4, -0.2) is 30.6 Å². The fourth-order valence-electron chi connectivity index (χ4n) is 7.57. The highest BCUT2D eigenvalue weighted by atomic mass is 16.5. The summed E-state index contributed by atoms with van der Waals surface area (Å²) in [5.74, 6) is 1.93. The molecule has 178 valence electrons. The van der Waals surface area contributed by atoms with Gasteiger partial charge in [-0.1, -0.05) is 31.9 Å². The first-order valence-electron chi connectivity index (χ1n) is 12.8. The Morgan fingerprint density at radius 2 is 2.06 bits per heavy atom. The van der Waals surface area contributed by atoms with E-state index >= 15 is 0 Å². The largest absolute Gasteiger partial charge is 0.469 e. The lowest BCUT2D eigenvalue weighted by Gasteiger charge is -2.57. The molecule has 1 aromatic rings. The van der Waals surface area contributed by atoms with E-state index in [9.17, 15) is 4.79 Å². The van der Waals surface area contributed by atoms with Crippen LogP contribution in [0.25, 0.3) is 0 Å². The third-order valence-corrected chi connectivity index (χ3v) is 9.50. The zero-order chi connectivity index (χ0) is 22.9. The summed E-state index contributed by atoms with van der Waals surface area (Å²) in [6, 6.07) is 2.81. The highest BCUT2D eigenvalue weighted by Gasteiger charge is 2.57. The summed E-state index contributed by atoms with van der Waals surface area (Å²) in [7, 11) is 1.54. The normalized spacial score (nSPS) is 36.0. The average molecular weight is 442 g/mol. The van der Waals surface area contributed by atoms with Gasteiger partial charge in [-0.05, 0) is 101 Å². The molecule has 0 spiro atoms. The molecule has 0 N–H and O–H groups in total. The topological polar surface area (TPSA) is 42.7 Å². The molecule has 1 saturated heterocycles. The molecule has 0 unspecified atom stereocenters. The van der Waals surface area contributed by atoms with Crippen molar-refractivity contribution in [2.75, 3.05) is 13.7 Å². The van der Waals surface area contributed by atoms with Crippen molar-refractivity contribution in [2.24, 2.45) is 22.7 Å². The first-order chi connectivity index (χ1) is 15.3. The zero-order valence-corrected chi connectivity index (χ0v) is 20.8. The van der Waals surface area contributed by atoms with E-state index in [2.05, 4.69) is 38.3 Å². The number of fused-ring (bicyclic) bond motifs is 1. The first-order valence-corrected chi connectivity index (χ1v) is 12.8. The van der Waals surface area contributed by atoms with E-state index in [-0.39, 0.29) is 16.8 Å². The van der Waals surface area contributed by atoms with Gasteiger partial charge in [0.05, 0.1) is 25.3 Å². The van der Waals surface area contributed by atoms with Crippen LogP contribution in [0.2, 0.25) is 0 Å². The number of likely N-dealkylation sites (tertiary alicyclic amines) is 1. The number of rotatable bonds is 6. The summed E-state index contributed by atoms with van der Waals surface area (Å²) in [4.78, 5) is 15.4. The average Bonchev–Trinajstić information content (AvgIpc) is 3.21. The number of piperidine rings is 1. The van der Waals surface area contributed by atoms with E-state index < -0.39 is 0 Å². The SMILES string of the molecule is C=C1CC[C@H]2[C@](C)(CCC[C@]2(C)C(=O)OC)[C@@H]1CCc1ccoc1CN1CCCC[C@H]1C. The second-order valence-corrected chi connectivity index (χ2v) is 11.3. The summed E-state index contributed by atoms with van der Waals surface area (Å²) in [6.07, 6.45) is 13.2. The number of ether oxygens (including phenoxy) is 1. The minimum absolute atomic E-state index is 0.0209. The number of aryl methyl sites for hydroxylation is 1. The highest BCUT2D eigenvalue weighted by molar-refractivity contribution is 5.77. The lowest BCUT2D eigenvalue weighted by Crippen LogP contribution is -2.53. The van der Waals surface area contributed by atoms with Crippen LogP contribution in [0, 0.1) is 22.7 Å². The lowest BCUT2D eigenvalue weighted by atomic mass is 9.46. The second kappa shape index (κ2) is 9.37. The molecule has 4 heteroatoms. The van der Waals surface area contributed by atoms with Gasteiger partial charge in [0.25, 0.3) is 0 Å². The Kier molecular flexibility index (Phi) is 6.91. The predicted molar refractivity (Wildman–Crippen MR) is 128 cm³/mol. The van der Waals surface area contributed by atoms with E-state index in [4.69, 9.17) is 9.15 Å². The van der Waals surface area contributed by atoms with E-state index in [1.165, 1.54) is 43.4 Å². The molecule has 32 heavy (non-hydrogen) atoms. The quantitative estimate of drug-likeness (QED) is 0.371. The van der Waals surface area contributed by atoms with Crippen LogP contribution in [0.1, 0.15) is 89.9 Å². The van der Waals surface area contributed by atoms with Gasteiger partial charge >= 0.3 is 5.97 Å². The number of hydrogen-bond donors (Lipinski definition) is 0. The Labute approximate surface area is 194 Å².